The summed E-state index contributed by atoms with van der Waals surface area (Å²) < 4.78 is 0. The Morgan fingerprint density at radius 1 is 1.33 bits per heavy atom. The van der Waals surface area contributed by atoms with Gasteiger partial charge in [0, 0.05) is 13.5 Å². The lowest BCUT2D eigenvalue weighted by Gasteiger charge is -2.04. The van der Waals surface area contributed by atoms with Crippen LogP contribution in [0.15, 0.2) is 12.1 Å². The molecule has 0 saturated carbocycles. The first-order valence-electron chi connectivity index (χ1n) is 5.07. The summed E-state index contributed by atoms with van der Waals surface area (Å²) in [6.45, 7) is 4.47. The third-order valence-corrected chi connectivity index (χ3v) is 1.81. The summed E-state index contributed by atoms with van der Waals surface area (Å²) in [5.41, 5.74) is 0. The average molecular weight is 208 g/mol. The first kappa shape index (κ1) is 11.4. The number of rotatable bonds is 5. The fourth-order valence-corrected chi connectivity index (χ4v) is 1.07. The molecule has 0 aliphatic heterocycles. The molecule has 0 atom stereocenters. The maximum atomic E-state index is 10.7. The zero-order valence-corrected chi connectivity index (χ0v) is 9.08. The van der Waals surface area contributed by atoms with E-state index in [1.807, 2.05) is 0 Å². The van der Waals surface area contributed by atoms with Gasteiger partial charge in [-0.05, 0) is 18.6 Å². The molecule has 5 nitrogen and oxygen atoms in total. The lowest BCUT2D eigenvalue weighted by Crippen LogP contribution is -2.09. The molecule has 0 bridgehead atoms. The molecule has 0 unspecified atom stereocenters. The minimum absolute atomic E-state index is 0.143. The van der Waals surface area contributed by atoms with Crippen LogP contribution < -0.4 is 10.6 Å². The molecule has 0 aromatic carbocycles. The fourth-order valence-electron chi connectivity index (χ4n) is 1.07. The summed E-state index contributed by atoms with van der Waals surface area (Å²) in [4.78, 5) is 10.7. The van der Waals surface area contributed by atoms with Gasteiger partial charge < -0.3 is 10.6 Å². The standard InChI is InChI=1S/C10H16N4O/c1-3-4-7-11-9-5-6-10(14-13-9)12-8(2)15/h5-6H,3-4,7H2,1-2H3,(H,11,13)(H,12,14,15). The van der Waals surface area contributed by atoms with Crippen molar-refractivity contribution in [1.29, 1.82) is 0 Å². The van der Waals surface area contributed by atoms with Crippen LogP contribution in [0.25, 0.3) is 0 Å². The molecule has 1 rings (SSSR count). The molecule has 15 heavy (non-hydrogen) atoms. The number of carbonyl (C=O) groups is 1. The van der Waals surface area contributed by atoms with E-state index in [1.54, 1.807) is 12.1 Å². The van der Waals surface area contributed by atoms with Gasteiger partial charge in [0.05, 0.1) is 0 Å². The highest BCUT2D eigenvalue weighted by Gasteiger charge is 1.98. The number of hydrogen-bond donors (Lipinski definition) is 2. The number of amides is 1. The Kier molecular flexibility index (Phi) is 4.53. The fraction of sp³-hybridized carbons (Fsp3) is 0.500. The van der Waals surface area contributed by atoms with Crippen LogP contribution in [0.3, 0.4) is 0 Å². The lowest BCUT2D eigenvalue weighted by atomic mass is 10.3. The van der Waals surface area contributed by atoms with Crippen LogP contribution in [0, 0.1) is 0 Å². The Hall–Kier alpha value is -1.65. The Morgan fingerprint density at radius 3 is 2.53 bits per heavy atom. The molecule has 0 aliphatic rings. The van der Waals surface area contributed by atoms with Crippen molar-refractivity contribution in [3.05, 3.63) is 12.1 Å². The third kappa shape index (κ3) is 4.39. The van der Waals surface area contributed by atoms with E-state index in [1.165, 1.54) is 6.92 Å². The third-order valence-electron chi connectivity index (χ3n) is 1.81. The molecular formula is C10H16N4O. The first-order chi connectivity index (χ1) is 7.22. The van der Waals surface area contributed by atoms with E-state index in [0.717, 1.165) is 25.2 Å². The Labute approximate surface area is 89.3 Å². The smallest absolute Gasteiger partial charge is 0.222 e. The van der Waals surface area contributed by atoms with Crippen molar-refractivity contribution >= 4 is 17.5 Å². The molecule has 0 fully saturated rings. The first-order valence-corrected chi connectivity index (χ1v) is 5.07. The number of nitrogens with one attached hydrogen (secondary N) is 2. The van der Waals surface area contributed by atoms with E-state index in [4.69, 9.17) is 0 Å². The van der Waals surface area contributed by atoms with Crippen LogP contribution in [0.1, 0.15) is 26.7 Å². The lowest BCUT2D eigenvalue weighted by molar-refractivity contribution is -0.114. The van der Waals surface area contributed by atoms with Gasteiger partial charge in [-0.15, -0.1) is 10.2 Å². The molecule has 1 heterocycles. The minimum Gasteiger partial charge on any atom is -0.369 e. The summed E-state index contributed by atoms with van der Waals surface area (Å²) in [5, 5.41) is 13.5. The predicted octanol–water partition coefficient (Wildman–Crippen LogP) is 1.65. The van der Waals surface area contributed by atoms with Gasteiger partial charge in [0.25, 0.3) is 0 Å². The summed E-state index contributed by atoms with van der Waals surface area (Å²) >= 11 is 0. The average Bonchev–Trinajstić information content (AvgIpc) is 2.20. The van der Waals surface area contributed by atoms with Crippen LogP contribution >= 0.6 is 0 Å². The topological polar surface area (TPSA) is 66.9 Å². The van der Waals surface area contributed by atoms with Gasteiger partial charge in [-0.2, -0.15) is 0 Å². The second kappa shape index (κ2) is 5.95. The van der Waals surface area contributed by atoms with E-state index in [2.05, 4.69) is 27.8 Å². The molecular weight excluding hydrogens is 192 g/mol. The number of anilines is 2. The largest absolute Gasteiger partial charge is 0.369 e. The highest BCUT2D eigenvalue weighted by molar-refractivity contribution is 5.87. The van der Waals surface area contributed by atoms with Crippen LogP contribution in [-0.4, -0.2) is 22.6 Å². The molecule has 1 aromatic rings. The molecule has 0 spiro atoms. The van der Waals surface area contributed by atoms with Crippen molar-refractivity contribution in [2.75, 3.05) is 17.2 Å². The van der Waals surface area contributed by atoms with Gasteiger partial charge in [-0.1, -0.05) is 13.3 Å². The summed E-state index contributed by atoms with van der Waals surface area (Å²) in [7, 11) is 0. The van der Waals surface area contributed by atoms with Crippen LogP contribution in [-0.2, 0) is 4.79 Å². The SMILES string of the molecule is CCCCNc1ccc(NC(C)=O)nn1. The zero-order valence-electron chi connectivity index (χ0n) is 9.08. The van der Waals surface area contributed by atoms with Crippen LogP contribution in [0.5, 0.6) is 0 Å². The molecule has 0 aliphatic carbocycles. The van der Waals surface area contributed by atoms with Gasteiger partial charge in [-0.3, -0.25) is 4.79 Å². The maximum Gasteiger partial charge on any atom is 0.222 e. The summed E-state index contributed by atoms with van der Waals surface area (Å²) in [6.07, 6.45) is 2.25. The molecule has 1 aromatic heterocycles. The molecule has 1 amide bonds. The van der Waals surface area contributed by atoms with Crippen molar-refractivity contribution < 1.29 is 4.79 Å². The monoisotopic (exact) mass is 208 g/mol. The van der Waals surface area contributed by atoms with E-state index in [9.17, 15) is 4.79 Å². The number of aromatic nitrogens is 2. The number of unbranched alkanes of at least 4 members (excludes halogenated alkanes) is 1. The quantitative estimate of drug-likeness (QED) is 0.722. The Balaban J connectivity index is 2.45. The van der Waals surface area contributed by atoms with Gasteiger partial charge in [-0.25, -0.2) is 0 Å². The van der Waals surface area contributed by atoms with E-state index in [-0.39, 0.29) is 5.91 Å². The predicted molar refractivity (Wildman–Crippen MR) is 59.7 cm³/mol. The minimum atomic E-state index is -0.143. The van der Waals surface area contributed by atoms with Crippen LogP contribution in [0.4, 0.5) is 11.6 Å². The van der Waals surface area contributed by atoms with E-state index >= 15 is 0 Å². The number of hydrogen-bond acceptors (Lipinski definition) is 4. The highest BCUT2D eigenvalue weighted by atomic mass is 16.1. The normalized spacial score (nSPS) is 9.73. The zero-order chi connectivity index (χ0) is 11.1. The molecule has 0 saturated heterocycles. The Bertz CT molecular complexity index is 310. The van der Waals surface area contributed by atoms with E-state index < -0.39 is 0 Å². The van der Waals surface area contributed by atoms with Gasteiger partial charge >= 0.3 is 0 Å². The van der Waals surface area contributed by atoms with Crippen LogP contribution in [0.2, 0.25) is 0 Å². The summed E-state index contributed by atoms with van der Waals surface area (Å²) in [5.74, 6) is 1.07. The van der Waals surface area contributed by atoms with Gasteiger partial charge in [0.2, 0.25) is 5.91 Å². The number of carbonyl (C=O) groups excluding carboxylic acids is 1. The summed E-state index contributed by atoms with van der Waals surface area (Å²) in [6, 6.07) is 3.52. The van der Waals surface area contributed by atoms with Crippen molar-refractivity contribution in [1.82, 2.24) is 10.2 Å². The van der Waals surface area contributed by atoms with Crippen molar-refractivity contribution in [2.45, 2.75) is 26.7 Å². The van der Waals surface area contributed by atoms with Gasteiger partial charge in [0.1, 0.15) is 5.82 Å². The second-order valence-corrected chi connectivity index (χ2v) is 3.27. The molecule has 0 radical (unpaired) electrons. The molecule has 82 valence electrons. The van der Waals surface area contributed by atoms with Crippen molar-refractivity contribution in [2.24, 2.45) is 0 Å². The van der Waals surface area contributed by atoms with E-state index in [0.29, 0.717) is 5.82 Å². The van der Waals surface area contributed by atoms with Crippen molar-refractivity contribution in [3.8, 4) is 0 Å². The second-order valence-electron chi connectivity index (χ2n) is 3.27. The molecule has 5 heteroatoms. The van der Waals surface area contributed by atoms with Crippen molar-refractivity contribution in [3.63, 3.8) is 0 Å². The maximum absolute atomic E-state index is 10.7. The molecule has 2 N–H and O–H groups in total. The number of nitrogens with zero attached hydrogens (tertiary/aromatic N) is 2. The van der Waals surface area contributed by atoms with Gasteiger partial charge in [0.15, 0.2) is 5.82 Å². The highest BCUT2D eigenvalue weighted by Crippen LogP contribution is 2.05. The Morgan fingerprint density at radius 2 is 2.00 bits per heavy atom.